The van der Waals surface area contributed by atoms with Gasteiger partial charge in [0.05, 0.1) is 34.6 Å². The number of hydrogen-bond acceptors (Lipinski definition) is 7. The highest BCUT2D eigenvalue weighted by Crippen LogP contribution is 2.32. The molecule has 0 radical (unpaired) electrons. The zero-order valence-electron chi connectivity index (χ0n) is 15.2. The Morgan fingerprint density at radius 3 is 2.21 bits per heavy atom. The molecule has 0 saturated heterocycles. The van der Waals surface area contributed by atoms with Crippen LogP contribution in [0.25, 0.3) is 11.6 Å². The Kier molecular flexibility index (Phi) is 14.8. The van der Waals surface area contributed by atoms with Gasteiger partial charge in [0.15, 0.2) is 11.5 Å². The minimum atomic E-state index is -0.391. The first-order valence-electron chi connectivity index (χ1n) is 7.56. The van der Waals surface area contributed by atoms with Crippen LogP contribution in [0.2, 0.25) is 10.0 Å². The number of halogens is 5. The van der Waals surface area contributed by atoms with Gasteiger partial charge in [0, 0.05) is 37.1 Å². The molecule has 29 heavy (non-hydrogen) atoms. The lowest BCUT2D eigenvalue weighted by Crippen LogP contribution is -2.34. The summed E-state index contributed by atoms with van der Waals surface area (Å²) in [7, 11) is 1.49. The van der Waals surface area contributed by atoms with E-state index in [9.17, 15) is 5.26 Å². The standard InChI is InChI=1S/C17H17Cl2N5O2.3ClH/c1-25-17-9-24-15(3-16(17)26-11(5-21)6-22)10(4-20)2-12-13(18)7-23-8-14(12)19;;;/h2-3,7-9,11H,5-6,21-22H2,1H3;3*1H/b10-2+;;;. The van der Waals surface area contributed by atoms with Crippen molar-refractivity contribution >= 4 is 72.1 Å². The normalized spacial score (nSPS) is 10.2. The Morgan fingerprint density at radius 2 is 1.72 bits per heavy atom. The van der Waals surface area contributed by atoms with Crippen molar-refractivity contribution in [3.8, 4) is 17.6 Å². The number of rotatable bonds is 7. The van der Waals surface area contributed by atoms with Crippen LogP contribution in [0, 0.1) is 11.3 Å². The molecular formula is C17H20Cl5N5O2. The summed E-state index contributed by atoms with van der Waals surface area (Å²) in [5.74, 6) is 0.782. The van der Waals surface area contributed by atoms with Crippen LogP contribution in [0.4, 0.5) is 0 Å². The van der Waals surface area contributed by atoms with E-state index in [1.165, 1.54) is 31.8 Å². The molecule has 2 aromatic rings. The zero-order chi connectivity index (χ0) is 19.1. The molecular weight excluding hydrogens is 483 g/mol. The van der Waals surface area contributed by atoms with Gasteiger partial charge in [0.25, 0.3) is 0 Å². The molecule has 0 atom stereocenters. The summed E-state index contributed by atoms with van der Waals surface area (Å²) < 4.78 is 11.0. The summed E-state index contributed by atoms with van der Waals surface area (Å²) in [4.78, 5) is 8.12. The fourth-order valence-electron chi connectivity index (χ4n) is 2.06. The summed E-state index contributed by atoms with van der Waals surface area (Å²) >= 11 is 12.2. The third-order valence-electron chi connectivity index (χ3n) is 3.45. The summed E-state index contributed by atoms with van der Waals surface area (Å²) in [5, 5.41) is 10.2. The van der Waals surface area contributed by atoms with Gasteiger partial charge in [-0.15, -0.1) is 37.2 Å². The molecule has 0 amide bonds. The maximum Gasteiger partial charge on any atom is 0.179 e. The first kappa shape index (κ1) is 29.7. The van der Waals surface area contributed by atoms with Crippen LogP contribution < -0.4 is 20.9 Å². The number of nitrogens with zero attached hydrogens (tertiary/aromatic N) is 3. The Labute approximate surface area is 197 Å². The number of allylic oxidation sites excluding steroid dienone is 1. The van der Waals surface area contributed by atoms with Gasteiger partial charge < -0.3 is 20.9 Å². The molecule has 0 spiro atoms. The summed E-state index contributed by atoms with van der Waals surface area (Å²) in [6, 6.07) is 3.66. The SMILES string of the molecule is COc1cnc(/C(C#N)=C/c2c(Cl)cncc2Cl)cc1OC(CN)CN.Cl.Cl.Cl. The number of methoxy groups -OCH3 is 1. The van der Waals surface area contributed by atoms with Crippen LogP contribution in [0.1, 0.15) is 11.3 Å². The number of pyridine rings is 2. The molecule has 0 aliphatic heterocycles. The topological polar surface area (TPSA) is 120 Å². The summed E-state index contributed by atoms with van der Waals surface area (Å²) in [6.45, 7) is 0.473. The van der Waals surface area contributed by atoms with Crippen LogP contribution in [0.5, 0.6) is 11.5 Å². The maximum atomic E-state index is 9.54. The second-order valence-corrected chi connectivity index (χ2v) is 5.93. The van der Waals surface area contributed by atoms with Gasteiger partial charge in [-0.2, -0.15) is 5.26 Å². The van der Waals surface area contributed by atoms with Gasteiger partial charge in [0.1, 0.15) is 12.2 Å². The Hall–Kier alpha value is -1.50. The highest BCUT2D eigenvalue weighted by Gasteiger charge is 2.15. The lowest BCUT2D eigenvalue weighted by Gasteiger charge is -2.17. The van der Waals surface area contributed by atoms with Crippen molar-refractivity contribution in [2.45, 2.75) is 6.10 Å². The molecule has 2 rings (SSSR count). The fourth-order valence-corrected chi connectivity index (χ4v) is 2.53. The van der Waals surface area contributed by atoms with Gasteiger partial charge >= 0.3 is 0 Å². The number of hydrogen-bond donors (Lipinski definition) is 2. The first-order valence-corrected chi connectivity index (χ1v) is 8.31. The summed E-state index contributed by atoms with van der Waals surface area (Å²) in [6.07, 6.45) is 5.48. The molecule has 4 N–H and O–H groups in total. The number of aromatic nitrogens is 2. The van der Waals surface area contributed by atoms with E-state index in [4.69, 9.17) is 44.1 Å². The number of nitrogens with two attached hydrogens (primary N) is 2. The highest BCUT2D eigenvalue weighted by atomic mass is 35.5. The fraction of sp³-hybridized carbons (Fsp3) is 0.235. The molecule has 12 heteroatoms. The van der Waals surface area contributed by atoms with Crippen molar-refractivity contribution in [2.24, 2.45) is 11.5 Å². The van der Waals surface area contributed by atoms with Gasteiger partial charge in [-0.05, 0) is 6.08 Å². The minimum absolute atomic E-state index is 0. The molecule has 160 valence electrons. The molecule has 7 nitrogen and oxygen atoms in total. The van der Waals surface area contributed by atoms with E-state index in [1.54, 1.807) is 6.07 Å². The molecule has 2 aromatic heterocycles. The van der Waals surface area contributed by atoms with Gasteiger partial charge in [-0.3, -0.25) is 9.97 Å². The molecule has 0 aromatic carbocycles. The zero-order valence-corrected chi connectivity index (χ0v) is 19.1. The van der Waals surface area contributed by atoms with Crippen molar-refractivity contribution < 1.29 is 9.47 Å². The second-order valence-electron chi connectivity index (χ2n) is 5.12. The molecule has 0 fully saturated rings. The van der Waals surface area contributed by atoms with Crippen molar-refractivity contribution in [3.63, 3.8) is 0 Å². The first-order chi connectivity index (χ1) is 12.5. The highest BCUT2D eigenvalue weighted by molar-refractivity contribution is 6.37. The average molecular weight is 504 g/mol. The van der Waals surface area contributed by atoms with Crippen molar-refractivity contribution in [3.05, 3.63) is 46.0 Å². The molecule has 0 saturated carbocycles. The third-order valence-corrected chi connectivity index (χ3v) is 4.05. The van der Waals surface area contributed by atoms with Crippen molar-refractivity contribution in [1.82, 2.24) is 9.97 Å². The Bertz CT molecular complexity index is 836. The quantitative estimate of drug-likeness (QED) is 0.552. The van der Waals surface area contributed by atoms with E-state index in [0.29, 0.717) is 32.8 Å². The van der Waals surface area contributed by atoms with Gasteiger partial charge in [-0.25, -0.2) is 0 Å². The molecule has 0 aliphatic carbocycles. The molecule has 0 bridgehead atoms. The molecule has 2 heterocycles. The van der Waals surface area contributed by atoms with Crippen LogP contribution in [0.3, 0.4) is 0 Å². The van der Waals surface area contributed by atoms with E-state index >= 15 is 0 Å². The summed E-state index contributed by atoms with van der Waals surface area (Å²) in [5.41, 5.74) is 12.3. The lowest BCUT2D eigenvalue weighted by atomic mass is 10.1. The van der Waals surface area contributed by atoms with Gasteiger partial charge in [0.2, 0.25) is 0 Å². The minimum Gasteiger partial charge on any atom is -0.491 e. The van der Waals surface area contributed by atoms with E-state index in [1.807, 2.05) is 0 Å². The van der Waals surface area contributed by atoms with Crippen LogP contribution in [-0.2, 0) is 0 Å². The second kappa shape index (κ2) is 14.5. The smallest absolute Gasteiger partial charge is 0.179 e. The molecule has 0 unspecified atom stereocenters. The van der Waals surface area contributed by atoms with Crippen LogP contribution in [-0.4, -0.2) is 36.3 Å². The monoisotopic (exact) mass is 501 g/mol. The predicted octanol–water partition coefficient (Wildman–Crippen LogP) is 3.79. The Morgan fingerprint density at radius 1 is 1.14 bits per heavy atom. The van der Waals surface area contributed by atoms with Crippen molar-refractivity contribution in [1.29, 1.82) is 5.26 Å². The average Bonchev–Trinajstić information content (AvgIpc) is 2.66. The van der Waals surface area contributed by atoms with Crippen molar-refractivity contribution in [2.75, 3.05) is 20.2 Å². The largest absolute Gasteiger partial charge is 0.491 e. The van der Waals surface area contributed by atoms with Crippen LogP contribution >= 0.6 is 60.4 Å². The Balaban J connectivity index is 0. The maximum absolute atomic E-state index is 9.54. The van der Waals surface area contributed by atoms with Gasteiger partial charge in [-0.1, -0.05) is 23.2 Å². The molecule has 0 aliphatic rings. The van der Waals surface area contributed by atoms with E-state index < -0.39 is 6.10 Å². The van der Waals surface area contributed by atoms with E-state index in [-0.39, 0.29) is 55.9 Å². The third kappa shape index (κ3) is 7.68. The number of nitriles is 1. The van der Waals surface area contributed by atoms with E-state index in [0.717, 1.165) is 0 Å². The lowest BCUT2D eigenvalue weighted by molar-refractivity contribution is 0.207. The number of ether oxygens (including phenoxy) is 2. The van der Waals surface area contributed by atoms with Crippen LogP contribution in [0.15, 0.2) is 24.7 Å². The predicted molar refractivity (Wildman–Crippen MR) is 123 cm³/mol. The van der Waals surface area contributed by atoms with E-state index in [2.05, 4.69) is 16.0 Å².